The van der Waals surface area contributed by atoms with Gasteiger partial charge in [-0.15, -0.1) is 0 Å². The van der Waals surface area contributed by atoms with Gasteiger partial charge in [-0.25, -0.2) is 8.42 Å². The average molecular weight is 342 g/mol. The Hall–Kier alpha value is -1.42. The molecule has 4 saturated carbocycles. The fraction of sp³-hybridized carbons (Fsp3) is 0.550. The van der Waals surface area contributed by atoms with Gasteiger partial charge >= 0.3 is 0 Å². The fourth-order valence-corrected chi connectivity index (χ4v) is 7.74. The number of hydrogen-bond acceptors (Lipinski definition) is 3. The van der Waals surface area contributed by atoms with Crippen molar-refractivity contribution in [3.63, 3.8) is 0 Å². The Bertz CT molecular complexity index is 849. The van der Waals surface area contributed by atoms with Gasteiger partial charge in [-0.2, -0.15) is 0 Å². The van der Waals surface area contributed by atoms with E-state index in [0.717, 1.165) is 31.2 Å². The minimum absolute atomic E-state index is 0.0304. The van der Waals surface area contributed by atoms with Crippen molar-refractivity contribution in [2.24, 2.45) is 23.2 Å². The summed E-state index contributed by atoms with van der Waals surface area (Å²) in [6, 6.07) is 6.89. The summed E-state index contributed by atoms with van der Waals surface area (Å²) in [5, 5.41) is -0.965. The topological polar surface area (TPSA) is 51.2 Å². The highest BCUT2D eigenvalue weighted by Crippen LogP contribution is 2.65. The number of ketones is 1. The maximum Gasteiger partial charge on any atom is 0.191 e. The Balaban J connectivity index is 1.59. The summed E-state index contributed by atoms with van der Waals surface area (Å²) in [6.45, 7) is 1.93. The molecule has 1 aromatic rings. The molecule has 6 rings (SSSR count). The molecule has 0 radical (unpaired) electrons. The number of allylic oxidation sites excluding steroid dienone is 1. The number of hydrogen-bond donors (Lipinski definition) is 0. The molecule has 3 nitrogen and oxygen atoms in total. The van der Waals surface area contributed by atoms with Crippen LogP contribution in [0.2, 0.25) is 0 Å². The molecule has 5 aliphatic carbocycles. The second kappa shape index (κ2) is 4.60. The predicted molar refractivity (Wildman–Crippen MR) is 91.2 cm³/mol. The number of aryl methyl sites for hydroxylation is 1. The quantitative estimate of drug-likeness (QED) is 0.773. The van der Waals surface area contributed by atoms with Crippen LogP contribution in [0.15, 0.2) is 40.8 Å². The summed E-state index contributed by atoms with van der Waals surface area (Å²) in [7, 11) is -3.64. The smallest absolute Gasteiger partial charge is 0.191 e. The van der Waals surface area contributed by atoms with Crippen LogP contribution in [0.1, 0.15) is 37.7 Å². The summed E-state index contributed by atoms with van der Waals surface area (Å²) in [4.78, 5) is 13.6. The number of rotatable bonds is 2. The molecule has 3 atom stereocenters. The van der Waals surface area contributed by atoms with Gasteiger partial charge in [0, 0.05) is 0 Å². The zero-order valence-electron chi connectivity index (χ0n) is 13.9. The van der Waals surface area contributed by atoms with Gasteiger partial charge in [-0.3, -0.25) is 4.79 Å². The van der Waals surface area contributed by atoms with Crippen LogP contribution in [0.3, 0.4) is 0 Å². The molecule has 0 aromatic heterocycles. The minimum Gasteiger partial charge on any atom is -0.297 e. The van der Waals surface area contributed by atoms with Crippen LogP contribution in [0.5, 0.6) is 0 Å². The molecule has 1 spiro atoms. The van der Waals surface area contributed by atoms with Gasteiger partial charge in [-0.05, 0) is 68.9 Å². The van der Waals surface area contributed by atoms with Crippen molar-refractivity contribution in [3.05, 3.63) is 41.5 Å². The number of benzene rings is 1. The third kappa shape index (κ3) is 1.78. The van der Waals surface area contributed by atoms with Crippen LogP contribution in [-0.2, 0) is 14.6 Å². The van der Waals surface area contributed by atoms with E-state index >= 15 is 0 Å². The summed E-state index contributed by atoms with van der Waals surface area (Å²) < 4.78 is 26.2. The molecule has 0 heterocycles. The molecule has 4 bridgehead atoms. The van der Waals surface area contributed by atoms with Crippen molar-refractivity contribution in [2.75, 3.05) is 0 Å². The number of Topliss-reactive ketones (excluding diaryl/α,β-unsaturated/α-hetero) is 1. The van der Waals surface area contributed by atoms with E-state index in [-0.39, 0.29) is 10.7 Å². The SMILES string of the molecule is Cc1ccc(S(=O)(=O)C2C=C3C4CC5CC(C4)CC3(C5)C2=O)cc1. The van der Waals surface area contributed by atoms with Gasteiger partial charge in [0.15, 0.2) is 15.6 Å². The lowest BCUT2D eigenvalue weighted by Gasteiger charge is -2.56. The largest absolute Gasteiger partial charge is 0.297 e. The maximum atomic E-state index is 13.3. The first kappa shape index (κ1) is 14.9. The number of carbonyl (C=O) groups excluding carboxylic acids is 1. The van der Waals surface area contributed by atoms with Crippen molar-refractivity contribution in [1.29, 1.82) is 0 Å². The van der Waals surface area contributed by atoms with E-state index in [1.807, 2.05) is 13.0 Å². The van der Waals surface area contributed by atoms with Gasteiger partial charge in [0.25, 0.3) is 0 Å². The van der Waals surface area contributed by atoms with Crippen LogP contribution in [-0.4, -0.2) is 19.5 Å². The van der Waals surface area contributed by atoms with Gasteiger partial charge in [0.2, 0.25) is 0 Å². The summed E-state index contributed by atoms with van der Waals surface area (Å²) in [6.07, 6.45) is 7.20. The third-order valence-corrected chi connectivity index (χ3v) is 8.86. The Morgan fingerprint density at radius 2 is 1.62 bits per heavy atom. The van der Waals surface area contributed by atoms with Gasteiger partial charge in [0.05, 0.1) is 10.3 Å². The fourth-order valence-electron chi connectivity index (χ4n) is 6.10. The number of sulfone groups is 1. The molecule has 0 amide bonds. The lowest BCUT2D eigenvalue weighted by atomic mass is 9.48. The zero-order chi connectivity index (χ0) is 16.7. The molecular formula is C20H22O3S. The second-order valence-corrected chi connectivity index (χ2v) is 10.5. The van der Waals surface area contributed by atoms with Crippen molar-refractivity contribution < 1.29 is 13.2 Å². The highest BCUT2D eigenvalue weighted by atomic mass is 32.2. The predicted octanol–water partition coefficient (Wildman–Crippen LogP) is 3.47. The van der Waals surface area contributed by atoms with Crippen LogP contribution >= 0.6 is 0 Å². The van der Waals surface area contributed by atoms with Crippen LogP contribution in [0.4, 0.5) is 0 Å². The first-order valence-electron chi connectivity index (χ1n) is 8.97. The van der Waals surface area contributed by atoms with Crippen LogP contribution in [0, 0.1) is 30.1 Å². The summed E-state index contributed by atoms with van der Waals surface area (Å²) in [5.74, 6) is 1.68. The van der Waals surface area contributed by atoms with E-state index in [1.165, 1.54) is 12.0 Å². The lowest BCUT2D eigenvalue weighted by Crippen LogP contribution is -2.51. The van der Waals surface area contributed by atoms with Crippen LogP contribution < -0.4 is 0 Å². The molecule has 0 N–H and O–H groups in total. The van der Waals surface area contributed by atoms with E-state index < -0.39 is 20.5 Å². The zero-order valence-corrected chi connectivity index (χ0v) is 14.7. The molecule has 0 saturated heterocycles. The molecular weight excluding hydrogens is 320 g/mol. The molecule has 5 aliphatic rings. The van der Waals surface area contributed by atoms with Crippen molar-refractivity contribution in [2.45, 2.75) is 49.2 Å². The van der Waals surface area contributed by atoms with E-state index in [4.69, 9.17) is 0 Å². The molecule has 4 fully saturated rings. The van der Waals surface area contributed by atoms with Crippen molar-refractivity contribution in [3.8, 4) is 0 Å². The van der Waals surface area contributed by atoms with Gasteiger partial charge in [-0.1, -0.05) is 29.3 Å². The van der Waals surface area contributed by atoms with E-state index in [1.54, 1.807) is 24.3 Å². The third-order valence-electron chi connectivity index (χ3n) is 6.91. The van der Waals surface area contributed by atoms with Gasteiger partial charge in [0.1, 0.15) is 5.25 Å². The second-order valence-electron chi connectivity index (χ2n) is 8.39. The molecule has 0 aliphatic heterocycles. The van der Waals surface area contributed by atoms with E-state index in [0.29, 0.717) is 17.8 Å². The summed E-state index contributed by atoms with van der Waals surface area (Å²) in [5.41, 5.74) is 1.77. The Morgan fingerprint density at radius 1 is 1.00 bits per heavy atom. The Morgan fingerprint density at radius 3 is 2.25 bits per heavy atom. The molecule has 3 unspecified atom stereocenters. The van der Waals surface area contributed by atoms with E-state index in [9.17, 15) is 13.2 Å². The highest BCUT2D eigenvalue weighted by Gasteiger charge is 2.63. The number of carbonyl (C=O) groups is 1. The van der Waals surface area contributed by atoms with Crippen molar-refractivity contribution >= 4 is 15.6 Å². The lowest BCUT2D eigenvalue weighted by molar-refractivity contribution is -0.132. The molecule has 4 heteroatoms. The standard InChI is InChI=1S/C20H22O3S/c1-12-2-4-16(5-3-12)24(22,23)18-9-17-15-7-13-6-14(8-15)11-20(17,10-13)19(18)21/h2-5,9,13-15,18H,6-8,10-11H2,1H3. The molecule has 1 aromatic carbocycles. The first-order chi connectivity index (χ1) is 11.4. The Labute approximate surface area is 143 Å². The monoisotopic (exact) mass is 342 g/mol. The highest BCUT2D eigenvalue weighted by molar-refractivity contribution is 7.93. The Kier molecular flexibility index (Phi) is 2.85. The first-order valence-corrected chi connectivity index (χ1v) is 10.5. The van der Waals surface area contributed by atoms with Gasteiger partial charge < -0.3 is 0 Å². The summed E-state index contributed by atoms with van der Waals surface area (Å²) >= 11 is 0. The van der Waals surface area contributed by atoms with E-state index in [2.05, 4.69) is 0 Å². The van der Waals surface area contributed by atoms with Crippen molar-refractivity contribution in [1.82, 2.24) is 0 Å². The van der Waals surface area contributed by atoms with Crippen LogP contribution in [0.25, 0.3) is 0 Å². The average Bonchev–Trinajstić information content (AvgIpc) is 2.81. The molecule has 24 heavy (non-hydrogen) atoms. The minimum atomic E-state index is -3.64. The normalized spacial score (nSPS) is 39.9. The maximum absolute atomic E-state index is 13.3. The molecule has 126 valence electrons.